The zero-order chi connectivity index (χ0) is 50.9. The first-order chi connectivity index (χ1) is 32.4. The highest BCUT2D eigenvalue weighted by Crippen LogP contribution is 2.33. The minimum Gasteiger partial charge on any atom is -0.458 e. The van der Waals surface area contributed by atoms with Crippen molar-refractivity contribution in [2.45, 2.75) is 155 Å². The number of nitrogens with zero attached hydrogens (tertiary/aromatic N) is 1. The van der Waals surface area contributed by atoms with Gasteiger partial charge in [-0.1, -0.05) is 95.2 Å². The van der Waals surface area contributed by atoms with Gasteiger partial charge in [-0.15, -0.1) is 0 Å². The van der Waals surface area contributed by atoms with Crippen LogP contribution in [-0.2, 0) is 61.8 Å². The van der Waals surface area contributed by atoms with Crippen molar-refractivity contribution in [3.05, 3.63) is 72.0 Å². The lowest BCUT2D eigenvalue weighted by Gasteiger charge is -2.35. The third kappa shape index (κ3) is 20.3. The molecule has 1 amide bonds. The van der Waals surface area contributed by atoms with Crippen molar-refractivity contribution < 1.29 is 61.8 Å². The van der Waals surface area contributed by atoms with Crippen LogP contribution in [0.2, 0.25) is 0 Å². The molecule has 0 saturated carbocycles. The molecule has 0 aliphatic carbocycles. The van der Waals surface area contributed by atoms with E-state index in [9.17, 15) is 19.2 Å². The summed E-state index contributed by atoms with van der Waals surface area (Å²) in [6.45, 7) is 14.1. The number of hydrogen-bond acceptors (Lipinski definition) is 13. The number of hydrogen-bond donors (Lipinski definition) is 0. The number of amides is 1. The number of carbonyl (C=O) groups is 4. The molecule has 2 heterocycles. The predicted octanol–water partition coefficient (Wildman–Crippen LogP) is 8.59. The molecular formula is C54H87NO13. The van der Waals surface area contributed by atoms with Gasteiger partial charge in [-0.3, -0.25) is 9.59 Å². The van der Waals surface area contributed by atoms with Gasteiger partial charge in [-0.2, -0.15) is 0 Å². The quantitative estimate of drug-likeness (QED) is 0.0691. The number of rotatable bonds is 19. The van der Waals surface area contributed by atoms with Gasteiger partial charge in [0, 0.05) is 130 Å². The second-order valence-electron chi connectivity index (χ2n) is 18.9. The van der Waals surface area contributed by atoms with Crippen LogP contribution in [0.15, 0.2) is 72.0 Å². The van der Waals surface area contributed by atoms with Crippen LogP contribution in [0.25, 0.3) is 0 Å². The smallest absolute Gasteiger partial charge is 0.331 e. The van der Waals surface area contributed by atoms with E-state index in [-0.39, 0.29) is 96.1 Å². The molecule has 14 nitrogen and oxygen atoms in total. The summed E-state index contributed by atoms with van der Waals surface area (Å²) in [5.74, 6) is -1.91. The molecule has 0 N–H and O–H groups in total. The molecule has 386 valence electrons. The highest BCUT2D eigenvalue weighted by molar-refractivity contribution is 5.84. The van der Waals surface area contributed by atoms with Crippen LogP contribution >= 0.6 is 0 Å². The molecule has 0 aromatic heterocycles. The van der Waals surface area contributed by atoms with E-state index in [1.807, 2.05) is 65.0 Å². The number of ketones is 1. The maximum Gasteiger partial charge on any atom is 0.331 e. The van der Waals surface area contributed by atoms with Crippen LogP contribution in [0.5, 0.6) is 0 Å². The van der Waals surface area contributed by atoms with E-state index in [4.69, 9.17) is 42.6 Å². The molecule has 68 heavy (non-hydrogen) atoms. The van der Waals surface area contributed by atoms with Gasteiger partial charge in [0.05, 0.1) is 42.7 Å². The average Bonchev–Trinajstić information content (AvgIpc) is 3.32. The van der Waals surface area contributed by atoms with Crippen molar-refractivity contribution in [2.24, 2.45) is 35.5 Å². The zero-order valence-corrected chi connectivity index (χ0v) is 43.9. The van der Waals surface area contributed by atoms with Crippen LogP contribution in [0.4, 0.5) is 0 Å². The van der Waals surface area contributed by atoms with Gasteiger partial charge >= 0.3 is 11.9 Å². The summed E-state index contributed by atoms with van der Waals surface area (Å²) >= 11 is 0. The van der Waals surface area contributed by atoms with Gasteiger partial charge in [0.2, 0.25) is 6.41 Å². The number of allylic oxidation sites excluding steroid dienone is 2. The summed E-state index contributed by atoms with van der Waals surface area (Å²) in [6.07, 6.45) is 20.1. The molecular weight excluding hydrogens is 871 g/mol. The second kappa shape index (κ2) is 32.2. The Bertz CT molecular complexity index is 1700. The fraction of sp³-hybridized carbons (Fsp3) is 0.704. The fourth-order valence-corrected chi connectivity index (χ4v) is 9.37. The van der Waals surface area contributed by atoms with Gasteiger partial charge < -0.3 is 47.5 Å². The summed E-state index contributed by atoms with van der Waals surface area (Å²) in [7, 11) is 13.3. The van der Waals surface area contributed by atoms with Gasteiger partial charge in [-0.25, -0.2) is 9.59 Å². The third-order valence-electron chi connectivity index (χ3n) is 13.9. The molecule has 0 radical (unpaired) electrons. The third-order valence-corrected chi connectivity index (χ3v) is 13.9. The molecule has 14 unspecified atom stereocenters. The van der Waals surface area contributed by atoms with E-state index in [1.165, 1.54) is 11.0 Å². The highest BCUT2D eigenvalue weighted by Gasteiger charge is 2.37. The van der Waals surface area contributed by atoms with Gasteiger partial charge in [-0.05, 0) is 38.5 Å². The van der Waals surface area contributed by atoms with E-state index in [1.54, 1.807) is 75.2 Å². The number of cyclic esters (lactones) is 1. The Morgan fingerprint density at radius 2 is 1.43 bits per heavy atom. The Morgan fingerprint density at radius 3 is 2.00 bits per heavy atom. The Labute approximate surface area is 408 Å². The molecule has 0 aromatic carbocycles. The Hall–Kier alpha value is -3.76. The van der Waals surface area contributed by atoms with Crippen molar-refractivity contribution in [3.8, 4) is 0 Å². The van der Waals surface area contributed by atoms with E-state index >= 15 is 0 Å². The number of carbonyl (C=O) groups excluding carboxylic acids is 4. The zero-order valence-electron chi connectivity index (χ0n) is 43.9. The van der Waals surface area contributed by atoms with E-state index < -0.39 is 12.1 Å². The van der Waals surface area contributed by atoms with Crippen molar-refractivity contribution >= 4 is 24.1 Å². The summed E-state index contributed by atoms with van der Waals surface area (Å²) < 4.78 is 53.8. The average molecular weight is 958 g/mol. The Morgan fingerprint density at radius 1 is 0.794 bits per heavy atom. The molecule has 15 atom stereocenters. The van der Waals surface area contributed by atoms with Crippen LogP contribution in [0.3, 0.4) is 0 Å². The summed E-state index contributed by atoms with van der Waals surface area (Å²) in [4.78, 5) is 52.5. The minimum absolute atomic E-state index is 0.0107. The second-order valence-corrected chi connectivity index (χ2v) is 18.9. The number of fused-ring (bicyclic) bond motifs is 2. The number of Topliss-reactive ketones (excluding diaryl/α,β-unsaturated/α-hetero) is 1. The first kappa shape index (κ1) is 60.4. The van der Waals surface area contributed by atoms with Gasteiger partial charge in [0.1, 0.15) is 18.0 Å². The number of ether oxygens (including phenoxy) is 9. The van der Waals surface area contributed by atoms with E-state index in [2.05, 4.69) is 19.9 Å². The SMILES string of the molecule is COC1/C=C/C(C)C(C(C)C(OC)C(C)CCC(=O)C(C)C(C/C=C/N(C)C=O)OC)OC(=O)/C=C/C=C(\C)CC(OC)CC2=CC(=O)O[C@H](C2)C(C)C(OC)CC(OC)/C=C/C(C)C(OC)C1. The topological polar surface area (TPSA) is 155 Å². The van der Waals surface area contributed by atoms with Crippen molar-refractivity contribution in [3.63, 3.8) is 0 Å². The minimum atomic E-state index is -0.609. The van der Waals surface area contributed by atoms with Gasteiger partial charge in [0.25, 0.3) is 0 Å². The molecule has 2 rings (SSSR count). The lowest BCUT2D eigenvalue weighted by atomic mass is 9.81. The van der Waals surface area contributed by atoms with Crippen LogP contribution in [-0.4, -0.2) is 141 Å². The number of esters is 2. The largest absolute Gasteiger partial charge is 0.458 e. The van der Waals surface area contributed by atoms with Crippen molar-refractivity contribution in [1.82, 2.24) is 4.90 Å². The Kier molecular flexibility index (Phi) is 28.6. The predicted molar refractivity (Wildman–Crippen MR) is 264 cm³/mol. The first-order valence-electron chi connectivity index (χ1n) is 24.3. The molecule has 0 aromatic rings. The Balaban J connectivity index is 2.49. The maximum absolute atomic E-state index is 13.7. The molecule has 2 aliphatic rings. The molecule has 2 aliphatic heterocycles. The number of methoxy groups -OCH3 is 7. The van der Waals surface area contributed by atoms with E-state index in [0.717, 1.165) is 11.1 Å². The van der Waals surface area contributed by atoms with Crippen LogP contribution in [0, 0.1) is 35.5 Å². The summed E-state index contributed by atoms with van der Waals surface area (Å²) in [6, 6.07) is 0. The molecule has 0 saturated heterocycles. The lowest BCUT2D eigenvalue weighted by Crippen LogP contribution is -2.41. The lowest BCUT2D eigenvalue weighted by molar-refractivity contribution is -0.152. The van der Waals surface area contributed by atoms with Crippen LogP contribution in [0.1, 0.15) is 99.8 Å². The standard InChI is InChI=1S/C54H87NO13/c1-35-18-16-20-51(58)68-54(41(7)53(66-15)37(3)23-26-46(57)39(5)47(63-12)19-17-27-55(8)34-56)38(4)22-25-43(60-9)32-48(64-13)36(2)21-24-44(61-10)33-49(65-14)40(6)50-30-42(31-52(59)67-50)29-45(28-35)62-11/h16-18,20-22,24-25,27,31,34,36-41,43-45,47-50,53-54H,19,23,26,28-30,32-33H2,1-15H3/b20-16+,24-21+,25-22+,27-17+,35-18+/t36?,37?,38?,39?,40?,41?,43?,44?,45?,47?,48?,49?,50-,53?,54?/m1/s1. The highest BCUT2D eigenvalue weighted by atomic mass is 16.6. The maximum atomic E-state index is 13.7. The molecule has 2 bridgehead atoms. The van der Waals surface area contributed by atoms with E-state index in [0.29, 0.717) is 57.8 Å². The van der Waals surface area contributed by atoms with Crippen molar-refractivity contribution in [2.75, 3.05) is 56.8 Å². The summed E-state index contributed by atoms with van der Waals surface area (Å²) in [5, 5.41) is 0. The van der Waals surface area contributed by atoms with Crippen LogP contribution < -0.4 is 0 Å². The monoisotopic (exact) mass is 958 g/mol. The first-order valence-corrected chi connectivity index (χ1v) is 24.3. The van der Waals surface area contributed by atoms with Gasteiger partial charge in [0.15, 0.2) is 0 Å². The molecule has 14 heteroatoms. The molecule has 0 fully saturated rings. The fourth-order valence-electron chi connectivity index (χ4n) is 9.37. The summed E-state index contributed by atoms with van der Waals surface area (Å²) in [5.41, 5.74) is 1.93. The van der Waals surface area contributed by atoms with Crippen molar-refractivity contribution in [1.29, 1.82) is 0 Å². The molecule has 0 spiro atoms. The normalized spacial score (nSPS) is 31.9.